The van der Waals surface area contributed by atoms with E-state index < -0.39 is 0 Å². The fraction of sp³-hybridized carbons (Fsp3) is 1.00. The average Bonchev–Trinajstić information content (AvgIpc) is 2.17. The van der Waals surface area contributed by atoms with Gasteiger partial charge in [-0.15, -0.1) is 0 Å². The molecule has 0 saturated carbocycles. The van der Waals surface area contributed by atoms with Gasteiger partial charge >= 0.3 is 0 Å². The number of hydrogen-bond acceptors (Lipinski definition) is 3. The number of nitrogens with zero attached hydrogens (tertiary/aromatic N) is 1. The zero-order valence-electron chi connectivity index (χ0n) is 8.86. The van der Waals surface area contributed by atoms with Crippen LogP contribution in [-0.4, -0.2) is 48.5 Å². The van der Waals surface area contributed by atoms with Gasteiger partial charge in [-0.2, -0.15) is 0 Å². The number of hydrogen-bond donors (Lipinski definition) is 1. The molecular weight excluding hydrogens is 166 g/mol. The standard InChI is InChI=1S/C10H21NO2/c1-8(9(2)12)11(3)10-4-6-13-7-5-10/h8-10,12H,4-7H2,1-3H3. The average molecular weight is 187 g/mol. The second-order valence-electron chi connectivity index (χ2n) is 3.99. The first-order valence-electron chi connectivity index (χ1n) is 5.10. The van der Waals surface area contributed by atoms with Gasteiger partial charge in [0, 0.05) is 25.3 Å². The molecule has 2 unspecified atom stereocenters. The molecule has 1 saturated heterocycles. The Morgan fingerprint density at radius 2 is 1.85 bits per heavy atom. The van der Waals surface area contributed by atoms with Gasteiger partial charge in [0.2, 0.25) is 0 Å². The Labute approximate surface area is 80.7 Å². The normalized spacial score (nSPS) is 24.7. The van der Waals surface area contributed by atoms with Gasteiger partial charge < -0.3 is 9.84 Å². The number of ether oxygens (including phenoxy) is 1. The highest BCUT2D eigenvalue weighted by Gasteiger charge is 2.24. The topological polar surface area (TPSA) is 32.7 Å². The van der Waals surface area contributed by atoms with Crippen LogP contribution < -0.4 is 0 Å². The summed E-state index contributed by atoms with van der Waals surface area (Å²) in [5.41, 5.74) is 0. The van der Waals surface area contributed by atoms with Crippen LogP contribution in [0.2, 0.25) is 0 Å². The van der Waals surface area contributed by atoms with E-state index in [1.165, 1.54) is 0 Å². The van der Waals surface area contributed by atoms with Crippen molar-refractivity contribution in [1.29, 1.82) is 0 Å². The lowest BCUT2D eigenvalue weighted by Crippen LogP contribution is -2.46. The highest BCUT2D eigenvalue weighted by atomic mass is 16.5. The van der Waals surface area contributed by atoms with Crippen molar-refractivity contribution in [3.05, 3.63) is 0 Å². The molecule has 0 bridgehead atoms. The maximum absolute atomic E-state index is 9.45. The first kappa shape index (κ1) is 11.0. The summed E-state index contributed by atoms with van der Waals surface area (Å²) in [4.78, 5) is 2.27. The Morgan fingerprint density at radius 3 is 2.31 bits per heavy atom. The number of aliphatic hydroxyl groups is 1. The van der Waals surface area contributed by atoms with E-state index in [4.69, 9.17) is 4.74 Å². The molecule has 1 N–H and O–H groups in total. The summed E-state index contributed by atoms with van der Waals surface area (Å²) >= 11 is 0. The van der Waals surface area contributed by atoms with E-state index in [1.807, 2.05) is 6.92 Å². The third kappa shape index (κ3) is 2.93. The molecule has 13 heavy (non-hydrogen) atoms. The summed E-state index contributed by atoms with van der Waals surface area (Å²) in [7, 11) is 2.09. The highest BCUT2D eigenvalue weighted by Crippen LogP contribution is 2.16. The largest absolute Gasteiger partial charge is 0.392 e. The van der Waals surface area contributed by atoms with Crippen molar-refractivity contribution in [2.45, 2.75) is 44.9 Å². The minimum absolute atomic E-state index is 0.239. The van der Waals surface area contributed by atoms with Crippen molar-refractivity contribution in [1.82, 2.24) is 4.90 Å². The fourth-order valence-corrected chi connectivity index (χ4v) is 1.77. The summed E-state index contributed by atoms with van der Waals surface area (Å²) in [6.45, 7) is 5.64. The van der Waals surface area contributed by atoms with Crippen molar-refractivity contribution < 1.29 is 9.84 Å². The van der Waals surface area contributed by atoms with E-state index in [9.17, 15) is 5.11 Å². The van der Waals surface area contributed by atoms with Gasteiger partial charge in [-0.1, -0.05) is 0 Å². The van der Waals surface area contributed by atoms with Crippen molar-refractivity contribution in [2.75, 3.05) is 20.3 Å². The van der Waals surface area contributed by atoms with E-state index >= 15 is 0 Å². The number of likely N-dealkylation sites (N-methyl/N-ethyl adjacent to an activating group) is 1. The van der Waals surface area contributed by atoms with Crippen LogP contribution in [0.5, 0.6) is 0 Å². The molecule has 0 aliphatic carbocycles. The molecule has 1 rings (SSSR count). The lowest BCUT2D eigenvalue weighted by Gasteiger charge is -2.36. The molecule has 3 heteroatoms. The Bertz CT molecular complexity index is 144. The van der Waals surface area contributed by atoms with Gasteiger partial charge in [-0.3, -0.25) is 4.90 Å². The van der Waals surface area contributed by atoms with Gasteiger partial charge in [0.15, 0.2) is 0 Å². The fourth-order valence-electron chi connectivity index (χ4n) is 1.77. The van der Waals surface area contributed by atoms with Gasteiger partial charge in [0.25, 0.3) is 0 Å². The summed E-state index contributed by atoms with van der Waals surface area (Å²) in [6, 6.07) is 0.821. The van der Waals surface area contributed by atoms with Crippen LogP contribution >= 0.6 is 0 Å². The van der Waals surface area contributed by atoms with Crippen molar-refractivity contribution in [3.8, 4) is 0 Å². The number of aliphatic hydroxyl groups excluding tert-OH is 1. The quantitative estimate of drug-likeness (QED) is 0.711. The Hall–Kier alpha value is -0.120. The van der Waals surface area contributed by atoms with E-state index in [0.717, 1.165) is 26.1 Å². The predicted molar refractivity (Wildman–Crippen MR) is 52.7 cm³/mol. The summed E-state index contributed by atoms with van der Waals surface area (Å²) < 4.78 is 5.30. The third-order valence-electron chi connectivity index (χ3n) is 3.11. The Kier molecular flexibility index (Phi) is 4.16. The van der Waals surface area contributed by atoms with Crippen LogP contribution in [0.1, 0.15) is 26.7 Å². The Balaban J connectivity index is 2.40. The van der Waals surface area contributed by atoms with E-state index in [0.29, 0.717) is 6.04 Å². The molecule has 1 fully saturated rings. The minimum atomic E-state index is -0.257. The van der Waals surface area contributed by atoms with Gasteiger partial charge in [0.05, 0.1) is 6.10 Å². The molecule has 1 heterocycles. The second-order valence-corrected chi connectivity index (χ2v) is 3.99. The van der Waals surface area contributed by atoms with Gasteiger partial charge in [-0.05, 0) is 33.7 Å². The molecular formula is C10H21NO2. The van der Waals surface area contributed by atoms with E-state index in [2.05, 4.69) is 18.9 Å². The first-order valence-corrected chi connectivity index (χ1v) is 5.10. The van der Waals surface area contributed by atoms with Crippen molar-refractivity contribution >= 4 is 0 Å². The third-order valence-corrected chi connectivity index (χ3v) is 3.11. The number of rotatable bonds is 3. The lowest BCUT2D eigenvalue weighted by molar-refractivity contribution is 0.00340. The highest BCUT2D eigenvalue weighted by molar-refractivity contribution is 4.78. The SMILES string of the molecule is CC(O)C(C)N(C)C1CCOCC1. The smallest absolute Gasteiger partial charge is 0.0664 e. The first-order chi connectivity index (χ1) is 6.13. The summed E-state index contributed by atoms with van der Waals surface area (Å²) in [5.74, 6) is 0. The molecule has 0 radical (unpaired) electrons. The minimum Gasteiger partial charge on any atom is -0.392 e. The van der Waals surface area contributed by atoms with Crippen molar-refractivity contribution in [3.63, 3.8) is 0 Å². The van der Waals surface area contributed by atoms with Crippen LogP contribution in [0.4, 0.5) is 0 Å². The maximum atomic E-state index is 9.45. The van der Waals surface area contributed by atoms with Crippen LogP contribution in [0.3, 0.4) is 0 Å². The summed E-state index contributed by atoms with van der Waals surface area (Å²) in [5, 5.41) is 9.45. The van der Waals surface area contributed by atoms with E-state index in [-0.39, 0.29) is 12.1 Å². The molecule has 0 aromatic heterocycles. The molecule has 0 aromatic carbocycles. The van der Waals surface area contributed by atoms with Crippen LogP contribution in [0, 0.1) is 0 Å². The van der Waals surface area contributed by atoms with Crippen LogP contribution in [-0.2, 0) is 4.74 Å². The molecule has 78 valence electrons. The zero-order chi connectivity index (χ0) is 9.84. The van der Waals surface area contributed by atoms with Crippen LogP contribution in [0.15, 0.2) is 0 Å². The molecule has 1 aliphatic heterocycles. The maximum Gasteiger partial charge on any atom is 0.0664 e. The molecule has 0 amide bonds. The molecule has 2 atom stereocenters. The Morgan fingerprint density at radius 1 is 1.31 bits per heavy atom. The molecule has 0 spiro atoms. The predicted octanol–water partition coefficient (Wildman–Crippen LogP) is 0.866. The monoisotopic (exact) mass is 187 g/mol. The van der Waals surface area contributed by atoms with Crippen LogP contribution in [0.25, 0.3) is 0 Å². The van der Waals surface area contributed by atoms with Gasteiger partial charge in [-0.25, -0.2) is 0 Å². The van der Waals surface area contributed by atoms with Gasteiger partial charge in [0.1, 0.15) is 0 Å². The van der Waals surface area contributed by atoms with E-state index in [1.54, 1.807) is 0 Å². The lowest BCUT2D eigenvalue weighted by atomic mass is 10.0. The second kappa shape index (κ2) is 4.94. The summed E-state index contributed by atoms with van der Waals surface area (Å²) in [6.07, 6.45) is 1.93. The molecule has 0 aromatic rings. The molecule has 1 aliphatic rings. The van der Waals surface area contributed by atoms with Crippen molar-refractivity contribution in [2.24, 2.45) is 0 Å². The molecule has 3 nitrogen and oxygen atoms in total. The zero-order valence-corrected chi connectivity index (χ0v) is 8.86.